The molecule has 0 unspecified atom stereocenters. The minimum absolute atomic E-state index is 0.439. The zero-order valence-electron chi connectivity index (χ0n) is 10.2. The molecule has 90 valence electrons. The Balaban J connectivity index is 2.02. The van der Waals surface area contributed by atoms with Crippen molar-refractivity contribution in [2.75, 3.05) is 0 Å². The molecule has 0 spiro atoms. The van der Waals surface area contributed by atoms with Crippen LogP contribution in [0.1, 0.15) is 5.56 Å². The highest BCUT2D eigenvalue weighted by atomic mass is 16.4. The summed E-state index contributed by atoms with van der Waals surface area (Å²) in [5, 5.41) is 12.3. The molecule has 0 atom stereocenters. The van der Waals surface area contributed by atoms with Crippen LogP contribution in [-0.4, -0.2) is 20.0 Å². The van der Waals surface area contributed by atoms with Crippen LogP contribution in [0.25, 0.3) is 23.0 Å². The first-order chi connectivity index (χ1) is 8.74. The number of hydrogen-bond donors (Lipinski definition) is 0. The molecule has 3 aromatic rings. The van der Waals surface area contributed by atoms with Crippen LogP contribution in [0.4, 0.5) is 0 Å². The van der Waals surface area contributed by atoms with E-state index in [0.29, 0.717) is 17.5 Å². The van der Waals surface area contributed by atoms with Crippen LogP contribution >= 0.6 is 0 Å². The summed E-state index contributed by atoms with van der Waals surface area (Å²) in [5.74, 6) is 0.961. The van der Waals surface area contributed by atoms with Gasteiger partial charge in [0.1, 0.15) is 5.69 Å². The van der Waals surface area contributed by atoms with E-state index in [-0.39, 0.29) is 0 Å². The Labute approximate surface area is 104 Å². The Morgan fingerprint density at radius 3 is 2.56 bits per heavy atom. The minimum Gasteiger partial charge on any atom is -0.415 e. The van der Waals surface area contributed by atoms with E-state index in [0.717, 1.165) is 11.1 Å². The van der Waals surface area contributed by atoms with Crippen LogP contribution in [0.3, 0.4) is 0 Å². The Morgan fingerprint density at radius 2 is 1.83 bits per heavy atom. The highest BCUT2D eigenvalue weighted by molar-refractivity contribution is 5.59. The largest absolute Gasteiger partial charge is 0.415 e. The molecule has 0 aliphatic rings. The van der Waals surface area contributed by atoms with Crippen LogP contribution in [0.15, 0.2) is 40.9 Å². The van der Waals surface area contributed by atoms with E-state index >= 15 is 0 Å². The SMILES string of the molecule is Cc1ccccc1-c1nnc(-c2ccn(C)n2)o1. The summed E-state index contributed by atoms with van der Waals surface area (Å²) in [6, 6.07) is 9.75. The third-order valence-corrected chi connectivity index (χ3v) is 2.73. The maximum Gasteiger partial charge on any atom is 0.268 e. The molecule has 5 nitrogen and oxygen atoms in total. The smallest absolute Gasteiger partial charge is 0.268 e. The molecule has 0 amide bonds. The monoisotopic (exact) mass is 240 g/mol. The molecule has 0 saturated heterocycles. The predicted octanol–water partition coefficient (Wildman–Crippen LogP) is 2.45. The molecule has 0 radical (unpaired) electrons. The number of aromatic nitrogens is 4. The van der Waals surface area contributed by atoms with Gasteiger partial charge in [0.15, 0.2) is 0 Å². The lowest BCUT2D eigenvalue weighted by Crippen LogP contribution is -1.87. The maximum absolute atomic E-state index is 5.65. The molecule has 2 heterocycles. The van der Waals surface area contributed by atoms with E-state index < -0.39 is 0 Å². The van der Waals surface area contributed by atoms with E-state index in [9.17, 15) is 0 Å². The average Bonchev–Trinajstić information content (AvgIpc) is 2.98. The van der Waals surface area contributed by atoms with Crippen LogP contribution in [0, 0.1) is 6.92 Å². The van der Waals surface area contributed by atoms with Crippen LogP contribution in [0.2, 0.25) is 0 Å². The second kappa shape index (κ2) is 4.10. The van der Waals surface area contributed by atoms with E-state index in [2.05, 4.69) is 15.3 Å². The summed E-state index contributed by atoms with van der Waals surface area (Å²) in [6.07, 6.45) is 1.84. The van der Waals surface area contributed by atoms with Crippen LogP contribution in [0.5, 0.6) is 0 Å². The van der Waals surface area contributed by atoms with Gasteiger partial charge in [0.2, 0.25) is 5.89 Å². The summed E-state index contributed by atoms with van der Waals surface area (Å²) >= 11 is 0. The highest BCUT2D eigenvalue weighted by Gasteiger charge is 2.13. The van der Waals surface area contributed by atoms with E-state index in [4.69, 9.17) is 4.42 Å². The Morgan fingerprint density at radius 1 is 1.06 bits per heavy atom. The van der Waals surface area contributed by atoms with Gasteiger partial charge in [-0.1, -0.05) is 18.2 Å². The van der Waals surface area contributed by atoms with Gasteiger partial charge in [0.25, 0.3) is 5.89 Å². The second-order valence-corrected chi connectivity index (χ2v) is 4.10. The topological polar surface area (TPSA) is 56.7 Å². The fraction of sp³-hybridized carbons (Fsp3) is 0.154. The Bertz CT molecular complexity index is 684. The predicted molar refractivity (Wildman–Crippen MR) is 66.7 cm³/mol. The molecule has 0 fully saturated rings. The van der Waals surface area contributed by atoms with Gasteiger partial charge in [-0.2, -0.15) is 5.10 Å². The third-order valence-electron chi connectivity index (χ3n) is 2.73. The van der Waals surface area contributed by atoms with Gasteiger partial charge in [-0.05, 0) is 24.6 Å². The average molecular weight is 240 g/mol. The Hall–Kier alpha value is -2.43. The number of aryl methyl sites for hydroxylation is 2. The fourth-order valence-corrected chi connectivity index (χ4v) is 1.78. The van der Waals surface area contributed by atoms with Gasteiger partial charge in [0.05, 0.1) is 0 Å². The lowest BCUT2D eigenvalue weighted by Gasteiger charge is -1.98. The molecule has 3 rings (SSSR count). The second-order valence-electron chi connectivity index (χ2n) is 4.10. The van der Waals surface area contributed by atoms with E-state index in [1.807, 2.05) is 50.5 Å². The molecule has 2 aromatic heterocycles. The van der Waals surface area contributed by atoms with Gasteiger partial charge in [0, 0.05) is 18.8 Å². The third kappa shape index (κ3) is 1.79. The maximum atomic E-state index is 5.65. The van der Waals surface area contributed by atoms with E-state index in [1.165, 1.54) is 0 Å². The molecule has 0 saturated carbocycles. The lowest BCUT2D eigenvalue weighted by molar-refractivity contribution is 0.579. The summed E-state index contributed by atoms with van der Waals surface area (Å²) in [6.45, 7) is 2.01. The standard InChI is InChI=1S/C13H12N4O/c1-9-5-3-4-6-10(9)12-14-15-13(18-12)11-7-8-17(2)16-11/h3-8H,1-2H3. The van der Waals surface area contributed by atoms with Crippen molar-refractivity contribution in [3.05, 3.63) is 42.1 Å². The van der Waals surface area contributed by atoms with Crippen molar-refractivity contribution in [2.45, 2.75) is 6.92 Å². The van der Waals surface area contributed by atoms with Gasteiger partial charge in [-0.3, -0.25) is 4.68 Å². The molecule has 0 aliphatic heterocycles. The van der Waals surface area contributed by atoms with Crippen LogP contribution < -0.4 is 0 Å². The fourth-order valence-electron chi connectivity index (χ4n) is 1.78. The molecule has 0 bridgehead atoms. The normalized spacial score (nSPS) is 10.8. The van der Waals surface area contributed by atoms with Gasteiger partial charge in [-0.25, -0.2) is 0 Å². The molecule has 18 heavy (non-hydrogen) atoms. The number of hydrogen-bond acceptors (Lipinski definition) is 4. The zero-order chi connectivity index (χ0) is 12.5. The van der Waals surface area contributed by atoms with Crippen molar-refractivity contribution in [3.63, 3.8) is 0 Å². The van der Waals surface area contributed by atoms with Crippen molar-refractivity contribution in [2.24, 2.45) is 7.05 Å². The van der Waals surface area contributed by atoms with Crippen molar-refractivity contribution < 1.29 is 4.42 Å². The summed E-state index contributed by atoms with van der Waals surface area (Å²) in [4.78, 5) is 0. The first-order valence-electron chi connectivity index (χ1n) is 5.63. The van der Waals surface area contributed by atoms with E-state index in [1.54, 1.807) is 4.68 Å². The van der Waals surface area contributed by atoms with Gasteiger partial charge in [-0.15, -0.1) is 10.2 Å². The molecular weight excluding hydrogens is 228 g/mol. The molecule has 0 N–H and O–H groups in total. The van der Waals surface area contributed by atoms with Gasteiger partial charge < -0.3 is 4.42 Å². The van der Waals surface area contributed by atoms with Gasteiger partial charge >= 0.3 is 0 Å². The Kier molecular flexibility index (Phi) is 2.44. The summed E-state index contributed by atoms with van der Waals surface area (Å²) in [7, 11) is 1.85. The summed E-state index contributed by atoms with van der Waals surface area (Å²) < 4.78 is 7.35. The lowest BCUT2D eigenvalue weighted by atomic mass is 10.1. The van der Waals surface area contributed by atoms with Crippen molar-refractivity contribution in [3.8, 4) is 23.0 Å². The van der Waals surface area contributed by atoms with Crippen molar-refractivity contribution >= 4 is 0 Å². The molecule has 0 aliphatic carbocycles. The van der Waals surface area contributed by atoms with Crippen LogP contribution in [-0.2, 0) is 7.05 Å². The highest BCUT2D eigenvalue weighted by Crippen LogP contribution is 2.24. The van der Waals surface area contributed by atoms with Crippen molar-refractivity contribution in [1.29, 1.82) is 0 Å². The first-order valence-corrected chi connectivity index (χ1v) is 5.63. The molecule has 1 aromatic carbocycles. The molecular formula is C13H12N4O. The van der Waals surface area contributed by atoms with Crippen molar-refractivity contribution in [1.82, 2.24) is 20.0 Å². The number of benzene rings is 1. The first kappa shape index (κ1) is 10.7. The minimum atomic E-state index is 0.439. The quantitative estimate of drug-likeness (QED) is 0.690. The number of nitrogens with zero attached hydrogens (tertiary/aromatic N) is 4. The number of rotatable bonds is 2. The summed E-state index contributed by atoms with van der Waals surface area (Å²) in [5.41, 5.74) is 2.74. The zero-order valence-corrected chi connectivity index (χ0v) is 10.2. The molecule has 5 heteroatoms.